The van der Waals surface area contributed by atoms with Gasteiger partial charge in [0.2, 0.25) is 0 Å². The summed E-state index contributed by atoms with van der Waals surface area (Å²) in [5, 5.41) is 3.42. The molecule has 1 aromatic carbocycles. The lowest BCUT2D eigenvalue weighted by Crippen LogP contribution is -2.09. The number of rotatable bonds is 5. The van der Waals surface area contributed by atoms with Crippen molar-refractivity contribution in [1.29, 1.82) is 0 Å². The number of anilines is 2. The molecule has 0 bridgehead atoms. The van der Waals surface area contributed by atoms with E-state index in [0.29, 0.717) is 5.69 Å². The van der Waals surface area contributed by atoms with Crippen molar-refractivity contribution in [3.8, 4) is 5.75 Å². The third kappa shape index (κ3) is 3.88. The van der Waals surface area contributed by atoms with Crippen LogP contribution in [0.2, 0.25) is 0 Å². The van der Waals surface area contributed by atoms with E-state index in [0.717, 1.165) is 11.4 Å². The highest BCUT2D eigenvalue weighted by atomic mass is 16.5. The Bertz CT molecular complexity index is 555. The fourth-order valence-electron chi connectivity index (χ4n) is 2.03. The molecule has 2 rings (SSSR count). The summed E-state index contributed by atoms with van der Waals surface area (Å²) in [5.41, 5.74) is 8.73. The van der Waals surface area contributed by atoms with E-state index in [1.807, 2.05) is 44.2 Å². The molecule has 1 atom stereocenters. The first-order valence-electron chi connectivity index (χ1n) is 6.78. The van der Waals surface area contributed by atoms with Crippen LogP contribution in [0.5, 0.6) is 5.75 Å². The number of benzene rings is 1. The minimum Gasteiger partial charge on any atom is -0.491 e. The lowest BCUT2D eigenvalue weighted by atomic mass is 10.1. The molecule has 0 spiro atoms. The van der Waals surface area contributed by atoms with Crippen molar-refractivity contribution in [3.63, 3.8) is 0 Å². The number of hydrogen-bond donors (Lipinski definition) is 2. The van der Waals surface area contributed by atoms with Crippen molar-refractivity contribution < 1.29 is 4.74 Å². The Hall–Kier alpha value is -2.23. The van der Waals surface area contributed by atoms with Gasteiger partial charge in [0.05, 0.1) is 6.10 Å². The third-order valence-corrected chi connectivity index (χ3v) is 2.89. The highest BCUT2D eigenvalue weighted by molar-refractivity contribution is 5.59. The third-order valence-electron chi connectivity index (χ3n) is 2.89. The van der Waals surface area contributed by atoms with Gasteiger partial charge < -0.3 is 15.8 Å². The van der Waals surface area contributed by atoms with Crippen LogP contribution in [-0.4, -0.2) is 11.1 Å². The second-order valence-electron chi connectivity index (χ2n) is 5.10. The Balaban J connectivity index is 2.14. The van der Waals surface area contributed by atoms with E-state index in [1.165, 1.54) is 5.56 Å². The lowest BCUT2D eigenvalue weighted by Gasteiger charge is -2.18. The summed E-state index contributed by atoms with van der Waals surface area (Å²) >= 11 is 0. The minimum atomic E-state index is 0.127. The number of aromatic nitrogens is 1. The highest BCUT2D eigenvalue weighted by Crippen LogP contribution is 2.26. The van der Waals surface area contributed by atoms with E-state index in [2.05, 4.69) is 17.2 Å². The van der Waals surface area contributed by atoms with E-state index in [4.69, 9.17) is 10.5 Å². The van der Waals surface area contributed by atoms with Gasteiger partial charge in [0, 0.05) is 41.9 Å². The Labute approximate surface area is 120 Å². The van der Waals surface area contributed by atoms with Gasteiger partial charge in [-0.3, -0.25) is 4.98 Å². The van der Waals surface area contributed by atoms with Gasteiger partial charge in [-0.1, -0.05) is 0 Å². The molecule has 1 aromatic heterocycles. The minimum absolute atomic E-state index is 0.127. The second kappa shape index (κ2) is 6.28. The van der Waals surface area contributed by atoms with Crippen LogP contribution in [0.3, 0.4) is 0 Å². The number of nitrogens with one attached hydrogen (secondary N) is 1. The van der Waals surface area contributed by atoms with Crippen molar-refractivity contribution >= 4 is 11.4 Å². The van der Waals surface area contributed by atoms with Gasteiger partial charge in [-0.05, 0) is 44.5 Å². The van der Waals surface area contributed by atoms with Crippen molar-refractivity contribution in [1.82, 2.24) is 4.98 Å². The largest absolute Gasteiger partial charge is 0.491 e. The Morgan fingerprint density at radius 3 is 2.45 bits per heavy atom. The maximum Gasteiger partial charge on any atom is 0.123 e. The predicted molar refractivity (Wildman–Crippen MR) is 82.9 cm³/mol. The SMILES string of the molecule is CC(C)Oc1cc(N)cc(NC(C)c2ccncc2)c1. The molecule has 3 N–H and O–H groups in total. The summed E-state index contributed by atoms with van der Waals surface area (Å²) in [7, 11) is 0. The molecule has 1 heterocycles. The van der Waals surface area contributed by atoms with E-state index < -0.39 is 0 Å². The second-order valence-corrected chi connectivity index (χ2v) is 5.10. The predicted octanol–water partition coefficient (Wildman–Crippen LogP) is 3.62. The normalized spacial score (nSPS) is 12.2. The van der Waals surface area contributed by atoms with Crippen LogP contribution in [0.4, 0.5) is 11.4 Å². The van der Waals surface area contributed by atoms with Crippen LogP contribution in [0, 0.1) is 0 Å². The van der Waals surface area contributed by atoms with E-state index in [-0.39, 0.29) is 12.1 Å². The average Bonchev–Trinajstić information content (AvgIpc) is 2.38. The Morgan fingerprint density at radius 1 is 1.10 bits per heavy atom. The Kier molecular flexibility index (Phi) is 4.45. The van der Waals surface area contributed by atoms with Gasteiger partial charge in [-0.25, -0.2) is 0 Å². The summed E-state index contributed by atoms with van der Waals surface area (Å²) < 4.78 is 5.69. The molecule has 0 radical (unpaired) electrons. The van der Waals surface area contributed by atoms with Gasteiger partial charge >= 0.3 is 0 Å². The smallest absolute Gasteiger partial charge is 0.123 e. The van der Waals surface area contributed by atoms with Crippen molar-refractivity contribution in [3.05, 3.63) is 48.3 Å². The molecule has 4 heteroatoms. The average molecular weight is 271 g/mol. The van der Waals surface area contributed by atoms with E-state index >= 15 is 0 Å². The summed E-state index contributed by atoms with van der Waals surface area (Å²) in [4.78, 5) is 4.03. The van der Waals surface area contributed by atoms with Crippen LogP contribution < -0.4 is 15.8 Å². The first-order valence-corrected chi connectivity index (χ1v) is 6.78. The maximum atomic E-state index is 5.92. The lowest BCUT2D eigenvalue weighted by molar-refractivity contribution is 0.242. The highest BCUT2D eigenvalue weighted by Gasteiger charge is 2.07. The molecular formula is C16H21N3O. The monoisotopic (exact) mass is 271 g/mol. The quantitative estimate of drug-likeness (QED) is 0.815. The van der Waals surface area contributed by atoms with Crippen molar-refractivity contribution in [2.45, 2.75) is 32.9 Å². The molecule has 0 aliphatic rings. The van der Waals surface area contributed by atoms with Crippen LogP contribution >= 0.6 is 0 Å². The topological polar surface area (TPSA) is 60.2 Å². The van der Waals surface area contributed by atoms with Gasteiger partial charge in [0.15, 0.2) is 0 Å². The molecule has 106 valence electrons. The van der Waals surface area contributed by atoms with E-state index in [9.17, 15) is 0 Å². The number of nitrogens with two attached hydrogens (primary N) is 1. The Morgan fingerprint density at radius 2 is 1.80 bits per heavy atom. The van der Waals surface area contributed by atoms with Gasteiger partial charge in [0.1, 0.15) is 5.75 Å². The first kappa shape index (κ1) is 14.2. The molecule has 0 saturated heterocycles. The zero-order chi connectivity index (χ0) is 14.5. The standard InChI is InChI=1S/C16H21N3O/c1-11(2)20-16-9-14(17)8-15(10-16)19-12(3)13-4-6-18-7-5-13/h4-12,19H,17H2,1-3H3. The molecular weight excluding hydrogens is 250 g/mol. The first-order chi connectivity index (χ1) is 9.54. The zero-order valence-corrected chi connectivity index (χ0v) is 12.1. The van der Waals surface area contributed by atoms with Crippen molar-refractivity contribution in [2.75, 3.05) is 11.1 Å². The molecule has 0 fully saturated rings. The fraction of sp³-hybridized carbons (Fsp3) is 0.312. The van der Waals surface area contributed by atoms with Crippen LogP contribution in [-0.2, 0) is 0 Å². The van der Waals surface area contributed by atoms with Gasteiger partial charge in [-0.2, -0.15) is 0 Å². The molecule has 0 amide bonds. The summed E-state index contributed by atoms with van der Waals surface area (Å²) in [5.74, 6) is 0.782. The number of pyridine rings is 1. The number of nitrogen functional groups attached to an aromatic ring is 1. The van der Waals surface area contributed by atoms with Crippen molar-refractivity contribution in [2.24, 2.45) is 0 Å². The molecule has 1 unspecified atom stereocenters. The molecule has 0 saturated carbocycles. The van der Waals surface area contributed by atoms with Crippen LogP contribution in [0.15, 0.2) is 42.7 Å². The van der Waals surface area contributed by atoms with Gasteiger partial charge in [-0.15, -0.1) is 0 Å². The number of nitrogens with zero attached hydrogens (tertiary/aromatic N) is 1. The summed E-state index contributed by atoms with van der Waals surface area (Å²) in [6, 6.07) is 9.87. The number of ether oxygens (including phenoxy) is 1. The van der Waals surface area contributed by atoms with E-state index in [1.54, 1.807) is 12.4 Å². The van der Waals surface area contributed by atoms with Crippen LogP contribution in [0.25, 0.3) is 0 Å². The van der Waals surface area contributed by atoms with Crippen LogP contribution in [0.1, 0.15) is 32.4 Å². The molecule has 0 aliphatic carbocycles. The number of hydrogen-bond acceptors (Lipinski definition) is 4. The zero-order valence-electron chi connectivity index (χ0n) is 12.1. The maximum absolute atomic E-state index is 5.92. The summed E-state index contributed by atoms with van der Waals surface area (Å²) in [6.07, 6.45) is 3.71. The van der Waals surface area contributed by atoms with Gasteiger partial charge in [0.25, 0.3) is 0 Å². The molecule has 2 aromatic rings. The fourth-order valence-corrected chi connectivity index (χ4v) is 2.03. The summed E-state index contributed by atoms with van der Waals surface area (Å²) in [6.45, 7) is 6.09. The molecule has 20 heavy (non-hydrogen) atoms. The molecule has 0 aliphatic heterocycles. The molecule has 4 nitrogen and oxygen atoms in total.